The van der Waals surface area contributed by atoms with E-state index in [0.29, 0.717) is 17.2 Å². The lowest BCUT2D eigenvalue weighted by Crippen LogP contribution is -2.13. The third-order valence-corrected chi connectivity index (χ3v) is 4.42. The van der Waals surface area contributed by atoms with Gasteiger partial charge in [0.2, 0.25) is 0 Å². The van der Waals surface area contributed by atoms with Crippen LogP contribution in [0.25, 0.3) is 10.9 Å². The van der Waals surface area contributed by atoms with E-state index in [4.69, 9.17) is 5.73 Å². The molecule has 2 aromatic carbocycles. The summed E-state index contributed by atoms with van der Waals surface area (Å²) in [6.45, 7) is 7.62. The summed E-state index contributed by atoms with van der Waals surface area (Å²) in [5, 5.41) is 7.34. The maximum atomic E-state index is 13.1. The van der Waals surface area contributed by atoms with Crippen molar-refractivity contribution in [3.63, 3.8) is 0 Å². The van der Waals surface area contributed by atoms with E-state index in [1.807, 2.05) is 32.0 Å². The Labute approximate surface area is 167 Å². The lowest BCUT2D eigenvalue weighted by molar-refractivity contribution is -0.137. The van der Waals surface area contributed by atoms with Gasteiger partial charge in [-0.2, -0.15) is 13.2 Å². The number of nitrogens with zero attached hydrogens (tertiary/aromatic N) is 2. The Kier molecular flexibility index (Phi) is 5.55. The van der Waals surface area contributed by atoms with Gasteiger partial charge in [-0.05, 0) is 69.7 Å². The number of nitrogen functional groups attached to an aromatic ring is 1. The van der Waals surface area contributed by atoms with Crippen LogP contribution >= 0.6 is 0 Å². The zero-order chi connectivity index (χ0) is 21.3. The molecule has 1 atom stereocenters. The zero-order valence-corrected chi connectivity index (χ0v) is 16.7. The van der Waals surface area contributed by atoms with Crippen LogP contribution in [0.4, 0.5) is 30.4 Å². The Bertz CT molecular complexity index is 1030. The second-order valence-electron chi connectivity index (χ2n) is 7.40. The van der Waals surface area contributed by atoms with Crippen LogP contribution in [0, 0.1) is 6.92 Å². The molecule has 0 spiro atoms. The minimum Gasteiger partial charge on any atom is -0.399 e. The summed E-state index contributed by atoms with van der Waals surface area (Å²) < 4.78 is 39.4. The second kappa shape index (κ2) is 7.77. The van der Waals surface area contributed by atoms with Crippen molar-refractivity contribution in [3.05, 3.63) is 53.3 Å². The van der Waals surface area contributed by atoms with Crippen molar-refractivity contribution in [2.45, 2.75) is 46.0 Å². The predicted molar refractivity (Wildman–Crippen MR) is 111 cm³/mol. The SMILES string of the molecule is Cc1nc(N[C@H](C)c2cc(N)cc(C(F)(F)F)c2)c2cc(NC(C)C)ccc2n1. The smallest absolute Gasteiger partial charge is 0.399 e. The van der Waals surface area contributed by atoms with Crippen molar-refractivity contribution < 1.29 is 13.2 Å². The zero-order valence-electron chi connectivity index (χ0n) is 16.7. The molecule has 0 aliphatic carbocycles. The Morgan fingerprint density at radius 2 is 1.69 bits per heavy atom. The number of halogens is 3. The molecule has 0 unspecified atom stereocenters. The Balaban J connectivity index is 2.00. The number of hydrogen-bond donors (Lipinski definition) is 3. The molecule has 8 heteroatoms. The predicted octanol–water partition coefficient (Wildman–Crippen LogP) is 5.53. The van der Waals surface area contributed by atoms with E-state index in [2.05, 4.69) is 20.6 Å². The molecule has 154 valence electrons. The molecule has 0 saturated carbocycles. The lowest BCUT2D eigenvalue weighted by atomic mass is 10.0. The van der Waals surface area contributed by atoms with Crippen LogP contribution in [-0.2, 0) is 6.18 Å². The summed E-state index contributed by atoms with van der Waals surface area (Å²) in [4.78, 5) is 8.93. The highest BCUT2D eigenvalue weighted by atomic mass is 19.4. The molecule has 0 bridgehead atoms. The summed E-state index contributed by atoms with van der Waals surface area (Å²) in [6, 6.07) is 9.16. The quantitative estimate of drug-likeness (QED) is 0.488. The first-order valence-corrected chi connectivity index (χ1v) is 9.32. The van der Waals surface area contributed by atoms with Crippen molar-refractivity contribution >= 4 is 28.1 Å². The van der Waals surface area contributed by atoms with Gasteiger partial charge < -0.3 is 16.4 Å². The minimum absolute atomic E-state index is 0.0654. The largest absolute Gasteiger partial charge is 0.416 e. The van der Waals surface area contributed by atoms with Gasteiger partial charge in [0, 0.05) is 22.8 Å². The van der Waals surface area contributed by atoms with E-state index in [1.54, 1.807) is 13.8 Å². The number of anilines is 3. The highest BCUT2D eigenvalue weighted by molar-refractivity contribution is 5.91. The first kappa shape index (κ1) is 20.7. The molecule has 3 aromatic rings. The highest BCUT2D eigenvalue weighted by Crippen LogP contribution is 2.34. The molecule has 3 rings (SSSR count). The summed E-state index contributed by atoms with van der Waals surface area (Å²) in [5.74, 6) is 1.13. The van der Waals surface area contributed by atoms with Gasteiger partial charge in [-0.15, -0.1) is 0 Å². The Hall–Kier alpha value is -3.03. The Morgan fingerprint density at radius 1 is 0.966 bits per heavy atom. The summed E-state index contributed by atoms with van der Waals surface area (Å²) in [6.07, 6.45) is -4.46. The number of alkyl halides is 3. The van der Waals surface area contributed by atoms with Gasteiger partial charge in [0.25, 0.3) is 0 Å². The second-order valence-corrected chi connectivity index (χ2v) is 7.40. The number of nitrogens with one attached hydrogen (secondary N) is 2. The van der Waals surface area contributed by atoms with Gasteiger partial charge >= 0.3 is 6.18 Å². The van der Waals surface area contributed by atoms with Crippen LogP contribution in [0.3, 0.4) is 0 Å². The van der Waals surface area contributed by atoms with Crippen LogP contribution < -0.4 is 16.4 Å². The summed E-state index contributed by atoms with van der Waals surface area (Å²) in [5.41, 5.74) is 7.10. The number of hydrogen-bond acceptors (Lipinski definition) is 5. The third-order valence-electron chi connectivity index (χ3n) is 4.42. The molecule has 0 radical (unpaired) electrons. The molecule has 5 nitrogen and oxygen atoms in total. The average molecular weight is 403 g/mol. The first-order chi connectivity index (χ1) is 13.5. The minimum atomic E-state index is -4.46. The molecule has 0 aliphatic heterocycles. The van der Waals surface area contributed by atoms with Gasteiger partial charge in [-0.25, -0.2) is 9.97 Å². The maximum Gasteiger partial charge on any atom is 0.416 e. The van der Waals surface area contributed by atoms with E-state index in [0.717, 1.165) is 28.7 Å². The number of rotatable bonds is 5. The van der Waals surface area contributed by atoms with Crippen LogP contribution in [0.1, 0.15) is 43.8 Å². The number of aryl methyl sites for hydroxylation is 1. The molecule has 0 amide bonds. The van der Waals surface area contributed by atoms with Crippen molar-refractivity contribution in [3.8, 4) is 0 Å². The fourth-order valence-electron chi connectivity index (χ4n) is 3.16. The van der Waals surface area contributed by atoms with Gasteiger partial charge in [-0.1, -0.05) is 0 Å². The Morgan fingerprint density at radius 3 is 2.34 bits per heavy atom. The standard InChI is InChI=1S/C21H24F3N5/c1-11(2)26-17-5-6-19-18(10-17)20(29-13(4)28-19)27-12(3)14-7-15(21(22,23)24)9-16(25)8-14/h5-12,26H,25H2,1-4H3,(H,27,28,29)/t12-/m1/s1. The topological polar surface area (TPSA) is 75.9 Å². The van der Waals surface area contributed by atoms with Crippen molar-refractivity contribution in [2.24, 2.45) is 0 Å². The number of nitrogens with two attached hydrogens (primary N) is 1. The lowest BCUT2D eigenvalue weighted by Gasteiger charge is -2.19. The van der Waals surface area contributed by atoms with Gasteiger partial charge in [0.15, 0.2) is 0 Å². The molecular formula is C21H24F3N5. The summed E-state index contributed by atoms with van der Waals surface area (Å²) in [7, 11) is 0. The van der Waals surface area contributed by atoms with Crippen molar-refractivity contribution in [1.29, 1.82) is 0 Å². The molecule has 0 fully saturated rings. The number of benzene rings is 2. The van der Waals surface area contributed by atoms with Crippen molar-refractivity contribution in [1.82, 2.24) is 9.97 Å². The van der Waals surface area contributed by atoms with E-state index < -0.39 is 17.8 Å². The highest BCUT2D eigenvalue weighted by Gasteiger charge is 2.31. The molecular weight excluding hydrogens is 379 g/mol. The molecule has 0 saturated heterocycles. The summed E-state index contributed by atoms with van der Waals surface area (Å²) >= 11 is 0. The van der Waals surface area contributed by atoms with E-state index in [1.165, 1.54) is 6.07 Å². The van der Waals surface area contributed by atoms with Crippen molar-refractivity contribution in [2.75, 3.05) is 16.4 Å². The molecule has 1 heterocycles. The molecule has 1 aromatic heterocycles. The fraction of sp³-hybridized carbons (Fsp3) is 0.333. The van der Waals surface area contributed by atoms with Crippen LogP contribution in [0.5, 0.6) is 0 Å². The molecule has 29 heavy (non-hydrogen) atoms. The van der Waals surface area contributed by atoms with Gasteiger partial charge in [0.05, 0.1) is 17.1 Å². The van der Waals surface area contributed by atoms with Crippen LogP contribution in [0.15, 0.2) is 36.4 Å². The van der Waals surface area contributed by atoms with E-state index >= 15 is 0 Å². The van der Waals surface area contributed by atoms with E-state index in [9.17, 15) is 13.2 Å². The normalized spacial score (nSPS) is 13.0. The van der Waals surface area contributed by atoms with E-state index in [-0.39, 0.29) is 11.7 Å². The monoisotopic (exact) mass is 403 g/mol. The maximum absolute atomic E-state index is 13.1. The van der Waals surface area contributed by atoms with Crippen LogP contribution in [-0.4, -0.2) is 16.0 Å². The first-order valence-electron chi connectivity index (χ1n) is 9.32. The van der Waals surface area contributed by atoms with Gasteiger partial charge in [-0.3, -0.25) is 0 Å². The van der Waals surface area contributed by atoms with Gasteiger partial charge in [0.1, 0.15) is 11.6 Å². The molecule has 4 N–H and O–H groups in total. The van der Waals surface area contributed by atoms with Crippen LogP contribution in [0.2, 0.25) is 0 Å². The third kappa shape index (κ3) is 4.88. The number of fused-ring (bicyclic) bond motifs is 1. The number of aromatic nitrogens is 2. The average Bonchev–Trinajstić information content (AvgIpc) is 2.60. The fourth-order valence-corrected chi connectivity index (χ4v) is 3.16. The molecule has 0 aliphatic rings.